The molecule has 0 saturated carbocycles. The van der Waals surface area contributed by atoms with Crippen molar-refractivity contribution in [3.63, 3.8) is 0 Å². The second-order valence-electron chi connectivity index (χ2n) is 0.543. The fourth-order valence-corrected chi connectivity index (χ4v) is 0. The van der Waals surface area contributed by atoms with E-state index in [-0.39, 0.29) is 17.0 Å². The zero-order chi connectivity index (χ0) is 3.41. The van der Waals surface area contributed by atoms with Gasteiger partial charge in [-0.3, -0.25) is 0 Å². The molecule has 0 aromatic heterocycles. The van der Waals surface area contributed by atoms with Gasteiger partial charge in [0.05, 0.1) is 0 Å². The van der Waals surface area contributed by atoms with Crippen LogP contribution in [0.4, 0.5) is 0 Å². The first-order valence-electron chi connectivity index (χ1n) is 1.27. The minimum atomic E-state index is 0. The summed E-state index contributed by atoms with van der Waals surface area (Å²) in [6.07, 6.45) is 0. The Labute approximate surface area is 60.5 Å². The van der Waals surface area contributed by atoms with Gasteiger partial charge in [-0.15, -0.1) is 0 Å². The van der Waals surface area contributed by atoms with Gasteiger partial charge in [0.15, 0.2) is 0 Å². The van der Waals surface area contributed by atoms with Crippen molar-refractivity contribution in [2.75, 3.05) is 5.88 Å². The average Bonchev–Trinajstić information content (AvgIpc) is 1.37. The zero-order valence-electron chi connectivity index (χ0n) is 2.88. The van der Waals surface area contributed by atoms with Crippen LogP contribution in [0, 0.1) is 0 Å². The molecular weight excluding hydrogens is 164 g/mol. The van der Waals surface area contributed by atoms with Gasteiger partial charge in [0.1, 0.15) is 0 Å². The van der Waals surface area contributed by atoms with E-state index in [4.69, 9.17) is 11.6 Å². The van der Waals surface area contributed by atoms with E-state index in [0.717, 1.165) is 10.4 Å². The molecule has 0 N–H and O–H groups in total. The second-order valence-corrected chi connectivity index (χ2v) is 1.63. The van der Waals surface area contributed by atoms with E-state index in [1.807, 2.05) is 21.7 Å². The molecule has 3 heteroatoms. The summed E-state index contributed by atoms with van der Waals surface area (Å²) in [5, 5.41) is 0. The third-order valence-electron chi connectivity index (χ3n) is 0.134. The average molecular weight is 168 g/mol. The number of hydrogen-bond acceptors (Lipinski definition) is 0. The molecule has 0 bridgehead atoms. The van der Waals surface area contributed by atoms with E-state index >= 15 is 0 Å². The van der Waals surface area contributed by atoms with E-state index in [1.165, 1.54) is 0 Å². The number of alkyl halides is 1. The van der Waals surface area contributed by atoms with E-state index in [9.17, 15) is 0 Å². The van der Waals surface area contributed by atoms with Gasteiger partial charge in [-0.05, 0) is 0 Å². The SMILES string of the molecule is [Br-].[Mg+][CH2]CCl. The van der Waals surface area contributed by atoms with Crippen molar-refractivity contribution < 1.29 is 17.0 Å². The molecule has 0 aliphatic heterocycles. The Morgan fingerprint density at radius 3 is 1.80 bits per heavy atom. The van der Waals surface area contributed by atoms with Gasteiger partial charge < -0.3 is 17.0 Å². The van der Waals surface area contributed by atoms with Crippen LogP contribution in [0.15, 0.2) is 0 Å². The van der Waals surface area contributed by atoms with Crippen LogP contribution in [-0.4, -0.2) is 27.6 Å². The topological polar surface area (TPSA) is 0 Å². The Morgan fingerprint density at radius 2 is 1.80 bits per heavy atom. The standard InChI is InChI=1S/C2H4Cl.BrH.Mg/c1-2-3;;/h1-2H2;1H;/q;;+1/p-1. The minimum absolute atomic E-state index is 0. The molecule has 0 fully saturated rings. The van der Waals surface area contributed by atoms with Gasteiger partial charge >= 0.3 is 43.7 Å². The molecule has 0 rings (SSSR count). The summed E-state index contributed by atoms with van der Waals surface area (Å²) < 4.78 is 1.11. The summed E-state index contributed by atoms with van der Waals surface area (Å²) in [6.45, 7) is 0. The summed E-state index contributed by atoms with van der Waals surface area (Å²) in [5.74, 6) is 0.804. The Morgan fingerprint density at radius 1 is 1.60 bits per heavy atom. The summed E-state index contributed by atoms with van der Waals surface area (Å²) in [4.78, 5) is 0. The maximum absolute atomic E-state index is 5.19. The molecule has 0 radical (unpaired) electrons. The Bertz CT molecular complexity index is 11.6. The molecule has 0 unspecified atom stereocenters. The van der Waals surface area contributed by atoms with E-state index < -0.39 is 0 Å². The third-order valence-corrected chi connectivity index (χ3v) is 1.20. The molecule has 0 aliphatic rings. The molecule has 0 aromatic rings. The Hall–Kier alpha value is 1.54. The van der Waals surface area contributed by atoms with Gasteiger partial charge in [0.2, 0.25) is 0 Å². The van der Waals surface area contributed by atoms with Crippen molar-refractivity contribution in [1.82, 2.24) is 0 Å². The number of rotatable bonds is 1. The Balaban J connectivity index is 0. The third kappa shape index (κ3) is 10.8. The van der Waals surface area contributed by atoms with Crippen LogP contribution in [-0.2, 0) is 0 Å². The van der Waals surface area contributed by atoms with E-state index in [2.05, 4.69) is 0 Å². The van der Waals surface area contributed by atoms with Gasteiger partial charge in [0.25, 0.3) is 0 Å². The number of halogens is 2. The summed E-state index contributed by atoms with van der Waals surface area (Å²) in [7, 11) is 0. The summed E-state index contributed by atoms with van der Waals surface area (Å²) in [5.41, 5.74) is 0. The van der Waals surface area contributed by atoms with Gasteiger partial charge in [-0.25, -0.2) is 0 Å². The second kappa shape index (κ2) is 9.11. The molecule has 0 amide bonds. The predicted octanol–water partition coefficient (Wildman–Crippen LogP) is -2.18. The maximum atomic E-state index is 5.19. The molecule has 5 heavy (non-hydrogen) atoms. The molecule has 0 saturated heterocycles. The van der Waals surface area contributed by atoms with Crippen molar-refractivity contribution in [2.24, 2.45) is 0 Å². The first-order chi connectivity index (χ1) is 1.91. The monoisotopic (exact) mass is 166 g/mol. The van der Waals surface area contributed by atoms with Crippen molar-refractivity contribution in [2.45, 2.75) is 4.55 Å². The van der Waals surface area contributed by atoms with Crippen molar-refractivity contribution in [3.8, 4) is 0 Å². The van der Waals surface area contributed by atoms with Crippen LogP contribution in [0.2, 0.25) is 4.55 Å². The first kappa shape index (κ1) is 9.74. The van der Waals surface area contributed by atoms with Crippen LogP contribution in [0.3, 0.4) is 0 Å². The molecule has 0 aromatic carbocycles. The van der Waals surface area contributed by atoms with Crippen LogP contribution < -0.4 is 17.0 Å². The fourth-order valence-electron chi connectivity index (χ4n) is 0. The Kier molecular flexibility index (Phi) is 17.7. The van der Waals surface area contributed by atoms with E-state index in [1.54, 1.807) is 0 Å². The molecule has 0 heterocycles. The van der Waals surface area contributed by atoms with Crippen molar-refractivity contribution >= 4 is 33.3 Å². The molecular formula is C2H4BrClMg. The fraction of sp³-hybridized carbons (Fsp3) is 1.00. The zero-order valence-corrected chi connectivity index (χ0v) is 6.63. The van der Waals surface area contributed by atoms with Gasteiger partial charge in [-0.1, -0.05) is 0 Å². The van der Waals surface area contributed by atoms with Gasteiger partial charge in [-0.2, -0.15) is 0 Å². The number of hydrogen-bond donors (Lipinski definition) is 0. The normalized spacial score (nSPS) is 6.20. The first-order valence-corrected chi connectivity index (χ1v) is 2.80. The molecule has 0 aliphatic carbocycles. The molecule has 28 valence electrons. The summed E-state index contributed by atoms with van der Waals surface area (Å²) in [6, 6.07) is 0. The van der Waals surface area contributed by atoms with E-state index in [0.29, 0.717) is 0 Å². The predicted molar refractivity (Wildman–Crippen MR) is 21.3 cm³/mol. The molecule has 0 nitrogen and oxygen atoms in total. The van der Waals surface area contributed by atoms with Crippen molar-refractivity contribution in [3.05, 3.63) is 0 Å². The van der Waals surface area contributed by atoms with Gasteiger partial charge in [0, 0.05) is 0 Å². The summed E-state index contributed by atoms with van der Waals surface area (Å²) >= 11 is 7.08. The van der Waals surface area contributed by atoms with Crippen LogP contribution in [0.25, 0.3) is 0 Å². The molecule has 0 spiro atoms. The molecule has 0 atom stereocenters. The van der Waals surface area contributed by atoms with Crippen molar-refractivity contribution in [1.29, 1.82) is 0 Å². The quantitative estimate of drug-likeness (QED) is 0.308. The van der Waals surface area contributed by atoms with Crippen LogP contribution in [0.5, 0.6) is 0 Å². The van der Waals surface area contributed by atoms with Crippen LogP contribution >= 0.6 is 11.6 Å². The van der Waals surface area contributed by atoms with Crippen LogP contribution in [0.1, 0.15) is 0 Å².